The van der Waals surface area contributed by atoms with Gasteiger partial charge in [0.2, 0.25) is 5.91 Å². The summed E-state index contributed by atoms with van der Waals surface area (Å²) in [7, 11) is 0. The molecule has 2 fully saturated rings. The Balaban J connectivity index is 1.82. The molecule has 2 bridgehead atoms. The number of carboxylic acid groups (broad SMARTS) is 1. The van der Waals surface area contributed by atoms with Crippen LogP contribution in [0, 0.1) is 11.8 Å². The lowest BCUT2D eigenvalue weighted by Gasteiger charge is -2.23. The van der Waals surface area contributed by atoms with Gasteiger partial charge in [-0.25, -0.2) is 0 Å². The Hall–Kier alpha value is -1.18. The second kappa shape index (κ2) is 6.31. The number of carbonyl (C=O) groups excluding carboxylic acids is 1. The molecule has 7 nitrogen and oxygen atoms in total. The van der Waals surface area contributed by atoms with Crippen molar-refractivity contribution in [3.63, 3.8) is 0 Å². The molecule has 19 heavy (non-hydrogen) atoms. The molecule has 0 spiro atoms. The number of amides is 1. The minimum Gasteiger partial charge on any atom is -0.481 e. The number of ether oxygens (including phenoxy) is 1. The van der Waals surface area contributed by atoms with E-state index in [0.29, 0.717) is 19.6 Å². The Morgan fingerprint density at radius 3 is 2.42 bits per heavy atom. The number of rotatable bonds is 7. The Morgan fingerprint density at radius 1 is 1.11 bits per heavy atom. The summed E-state index contributed by atoms with van der Waals surface area (Å²) in [5, 5.41) is 23.4. The molecule has 7 heteroatoms. The summed E-state index contributed by atoms with van der Waals surface area (Å²) in [6, 6.07) is 0. The van der Waals surface area contributed by atoms with Gasteiger partial charge in [0.05, 0.1) is 30.7 Å². The van der Waals surface area contributed by atoms with E-state index >= 15 is 0 Å². The van der Waals surface area contributed by atoms with Crippen LogP contribution in [0.4, 0.5) is 0 Å². The van der Waals surface area contributed by atoms with Gasteiger partial charge in [0.15, 0.2) is 0 Å². The summed E-state index contributed by atoms with van der Waals surface area (Å²) in [6.07, 6.45) is 0.918. The van der Waals surface area contributed by atoms with E-state index in [1.54, 1.807) is 0 Å². The summed E-state index contributed by atoms with van der Waals surface area (Å²) in [4.78, 5) is 23.3. The Kier molecular flexibility index (Phi) is 4.73. The second-order valence-electron chi connectivity index (χ2n) is 4.94. The molecular formula is C12H20N2O5. The molecule has 4 unspecified atom stereocenters. The van der Waals surface area contributed by atoms with Gasteiger partial charge in [-0.1, -0.05) is 0 Å². The van der Waals surface area contributed by atoms with E-state index in [1.165, 1.54) is 0 Å². The van der Waals surface area contributed by atoms with Gasteiger partial charge >= 0.3 is 5.97 Å². The number of aliphatic carboxylic acids is 1. The van der Waals surface area contributed by atoms with Crippen LogP contribution in [0.1, 0.15) is 12.8 Å². The summed E-state index contributed by atoms with van der Waals surface area (Å²) < 4.78 is 5.53. The van der Waals surface area contributed by atoms with Crippen molar-refractivity contribution < 1.29 is 24.5 Å². The van der Waals surface area contributed by atoms with Crippen LogP contribution >= 0.6 is 0 Å². The van der Waals surface area contributed by atoms with Crippen LogP contribution in [-0.2, 0) is 14.3 Å². The fourth-order valence-electron chi connectivity index (χ4n) is 2.92. The SMILES string of the molecule is O=C(O)C1C2CCC(O2)C1C(=O)NCCNCCO. The topological polar surface area (TPSA) is 108 Å². The molecule has 0 aromatic rings. The van der Waals surface area contributed by atoms with Gasteiger partial charge in [-0.3, -0.25) is 9.59 Å². The molecule has 108 valence electrons. The molecule has 2 heterocycles. The van der Waals surface area contributed by atoms with Gasteiger partial charge in [0, 0.05) is 19.6 Å². The van der Waals surface area contributed by atoms with Crippen molar-refractivity contribution in [1.82, 2.24) is 10.6 Å². The average Bonchev–Trinajstić information content (AvgIpc) is 2.98. The Morgan fingerprint density at radius 2 is 1.79 bits per heavy atom. The first kappa shape index (κ1) is 14.2. The number of nitrogens with one attached hydrogen (secondary N) is 2. The minimum atomic E-state index is -0.953. The van der Waals surface area contributed by atoms with Crippen molar-refractivity contribution in [2.75, 3.05) is 26.2 Å². The summed E-state index contributed by atoms with van der Waals surface area (Å²) >= 11 is 0. The molecule has 0 aromatic heterocycles. The average molecular weight is 272 g/mol. The van der Waals surface area contributed by atoms with Gasteiger partial charge in [-0.2, -0.15) is 0 Å². The maximum atomic E-state index is 12.1. The molecule has 1 amide bonds. The van der Waals surface area contributed by atoms with Crippen LogP contribution in [0.5, 0.6) is 0 Å². The maximum Gasteiger partial charge on any atom is 0.310 e. The van der Waals surface area contributed by atoms with E-state index in [2.05, 4.69) is 10.6 Å². The van der Waals surface area contributed by atoms with Gasteiger partial charge in [0.1, 0.15) is 0 Å². The van der Waals surface area contributed by atoms with Gasteiger partial charge in [-0.05, 0) is 12.8 Å². The van der Waals surface area contributed by atoms with E-state index in [1.807, 2.05) is 0 Å². The second-order valence-corrected chi connectivity index (χ2v) is 4.94. The summed E-state index contributed by atoms with van der Waals surface area (Å²) in [5.41, 5.74) is 0. The molecule has 0 aliphatic carbocycles. The van der Waals surface area contributed by atoms with Crippen molar-refractivity contribution in [2.24, 2.45) is 11.8 Å². The highest BCUT2D eigenvalue weighted by Crippen LogP contribution is 2.43. The van der Waals surface area contributed by atoms with Crippen LogP contribution in [0.3, 0.4) is 0 Å². The van der Waals surface area contributed by atoms with Crippen molar-refractivity contribution in [3.05, 3.63) is 0 Å². The molecule has 2 rings (SSSR count). The quantitative estimate of drug-likeness (QED) is 0.423. The zero-order valence-corrected chi connectivity index (χ0v) is 10.7. The minimum absolute atomic E-state index is 0.0508. The first-order valence-corrected chi connectivity index (χ1v) is 6.62. The zero-order valence-electron chi connectivity index (χ0n) is 10.7. The van der Waals surface area contributed by atoms with E-state index < -0.39 is 17.8 Å². The largest absolute Gasteiger partial charge is 0.481 e. The molecule has 0 saturated carbocycles. The van der Waals surface area contributed by atoms with Crippen LogP contribution in [-0.4, -0.2) is 60.5 Å². The highest BCUT2D eigenvalue weighted by Gasteiger charge is 2.55. The third kappa shape index (κ3) is 3.05. The number of aliphatic hydroxyl groups is 1. The number of carboxylic acids is 1. The van der Waals surface area contributed by atoms with Gasteiger partial charge in [0.25, 0.3) is 0 Å². The van der Waals surface area contributed by atoms with Crippen molar-refractivity contribution >= 4 is 11.9 Å². The van der Waals surface area contributed by atoms with Gasteiger partial charge < -0.3 is 25.6 Å². The molecule has 4 N–H and O–H groups in total. The van der Waals surface area contributed by atoms with E-state index in [4.69, 9.17) is 9.84 Å². The monoisotopic (exact) mass is 272 g/mol. The number of hydrogen-bond acceptors (Lipinski definition) is 5. The Labute approximate surface area is 111 Å². The fraction of sp³-hybridized carbons (Fsp3) is 0.833. The number of hydrogen-bond donors (Lipinski definition) is 4. The predicted molar refractivity (Wildman–Crippen MR) is 65.5 cm³/mol. The lowest BCUT2D eigenvalue weighted by Crippen LogP contribution is -2.45. The molecule has 2 aliphatic heterocycles. The highest BCUT2D eigenvalue weighted by molar-refractivity contribution is 5.86. The van der Waals surface area contributed by atoms with Crippen LogP contribution < -0.4 is 10.6 Å². The normalized spacial score (nSPS) is 32.5. The molecule has 0 radical (unpaired) electrons. The smallest absolute Gasteiger partial charge is 0.310 e. The van der Waals surface area contributed by atoms with Crippen molar-refractivity contribution in [1.29, 1.82) is 0 Å². The predicted octanol–water partition coefficient (Wildman–Crippen LogP) is -1.44. The summed E-state index contributed by atoms with van der Waals surface area (Å²) in [6.45, 7) is 1.49. The third-order valence-electron chi connectivity index (χ3n) is 3.75. The zero-order chi connectivity index (χ0) is 13.8. The van der Waals surface area contributed by atoms with E-state index in [-0.39, 0.29) is 24.7 Å². The standard InChI is InChI=1S/C12H20N2O5/c15-6-5-13-3-4-14-11(16)9-7-1-2-8(19-7)10(9)12(17)18/h7-10,13,15H,1-6H2,(H,14,16)(H,17,18). The third-order valence-corrected chi connectivity index (χ3v) is 3.75. The number of carbonyl (C=O) groups is 2. The first-order valence-electron chi connectivity index (χ1n) is 6.62. The molecule has 2 saturated heterocycles. The lowest BCUT2D eigenvalue weighted by molar-refractivity contribution is -0.147. The molecule has 0 aromatic carbocycles. The van der Waals surface area contributed by atoms with Gasteiger partial charge in [-0.15, -0.1) is 0 Å². The molecule has 4 atom stereocenters. The van der Waals surface area contributed by atoms with E-state index in [9.17, 15) is 14.7 Å². The number of aliphatic hydroxyl groups excluding tert-OH is 1. The van der Waals surface area contributed by atoms with Crippen LogP contribution in [0.25, 0.3) is 0 Å². The fourth-order valence-corrected chi connectivity index (χ4v) is 2.92. The van der Waals surface area contributed by atoms with Crippen molar-refractivity contribution in [2.45, 2.75) is 25.0 Å². The maximum absolute atomic E-state index is 12.1. The number of fused-ring (bicyclic) bond motifs is 2. The Bertz CT molecular complexity index is 349. The first-order chi connectivity index (χ1) is 9.15. The molecular weight excluding hydrogens is 252 g/mol. The van der Waals surface area contributed by atoms with Crippen LogP contribution in [0.2, 0.25) is 0 Å². The van der Waals surface area contributed by atoms with E-state index in [0.717, 1.165) is 12.8 Å². The summed E-state index contributed by atoms with van der Waals surface area (Å²) in [5.74, 6) is -2.49. The molecule has 2 aliphatic rings. The highest BCUT2D eigenvalue weighted by atomic mass is 16.5. The van der Waals surface area contributed by atoms with Crippen molar-refractivity contribution in [3.8, 4) is 0 Å². The van der Waals surface area contributed by atoms with Crippen LogP contribution in [0.15, 0.2) is 0 Å². The lowest BCUT2D eigenvalue weighted by atomic mass is 9.79.